The molecule has 0 fully saturated rings. The third-order valence-electron chi connectivity index (χ3n) is 1.51. The van der Waals surface area contributed by atoms with Gasteiger partial charge in [-0.1, -0.05) is 29.8 Å². The van der Waals surface area contributed by atoms with Crippen molar-refractivity contribution in [1.82, 2.24) is 5.48 Å². The second kappa shape index (κ2) is 5.59. The number of nitrogens with one attached hydrogen (secondary N) is 1. The van der Waals surface area contributed by atoms with Crippen molar-refractivity contribution in [2.75, 3.05) is 6.54 Å². The van der Waals surface area contributed by atoms with Crippen LogP contribution in [0.4, 0.5) is 0 Å². The van der Waals surface area contributed by atoms with Gasteiger partial charge in [0.05, 0.1) is 6.61 Å². The summed E-state index contributed by atoms with van der Waals surface area (Å²) in [5, 5.41) is 8.90. The number of benzene rings is 1. The summed E-state index contributed by atoms with van der Waals surface area (Å²) in [6, 6.07) is 7.21. The van der Waals surface area contributed by atoms with E-state index in [4.69, 9.17) is 21.5 Å². The maximum atomic E-state index is 10.1. The molecule has 0 radical (unpaired) electrons. The van der Waals surface area contributed by atoms with Crippen molar-refractivity contribution in [2.45, 2.75) is 6.61 Å². The van der Waals surface area contributed by atoms with E-state index in [9.17, 15) is 4.79 Å². The SMILES string of the molecule is O=C(O)CNOCc1ccccc1Cl. The summed E-state index contributed by atoms with van der Waals surface area (Å²) in [5.74, 6) is -0.968. The van der Waals surface area contributed by atoms with Gasteiger partial charge in [0.2, 0.25) is 0 Å². The summed E-state index contributed by atoms with van der Waals surface area (Å²) in [6.45, 7) is 0.0113. The Balaban J connectivity index is 2.31. The Morgan fingerprint density at radius 1 is 1.50 bits per heavy atom. The average molecular weight is 216 g/mol. The third kappa shape index (κ3) is 3.74. The first kappa shape index (κ1) is 11.0. The van der Waals surface area contributed by atoms with E-state index in [0.717, 1.165) is 5.56 Å². The number of rotatable bonds is 5. The first-order valence-corrected chi connectivity index (χ1v) is 4.38. The summed E-state index contributed by atoms with van der Waals surface area (Å²) in [5.41, 5.74) is 3.11. The monoisotopic (exact) mass is 215 g/mol. The van der Waals surface area contributed by atoms with Crippen molar-refractivity contribution in [3.63, 3.8) is 0 Å². The zero-order valence-electron chi connectivity index (χ0n) is 7.37. The second-order valence-corrected chi connectivity index (χ2v) is 3.00. The summed E-state index contributed by atoms with van der Waals surface area (Å²) < 4.78 is 0. The predicted molar refractivity (Wildman–Crippen MR) is 51.9 cm³/mol. The van der Waals surface area contributed by atoms with E-state index in [-0.39, 0.29) is 13.2 Å². The number of carbonyl (C=O) groups is 1. The van der Waals surface area contributed by atoms with Gasteiger partial charge in [0.25, 0.3) is 0 Å². The van der Waals surface area contributed by atoms with Gasteiger partial charge >= 0.3 is 5.97 Å². The lowest BCUT2D eigenvalue weighted by Gasteiger charge is -2.04. The first-order valence-electron chi connectivity index (χ1n) is 4.00. The van der Waals surface area contributed by atoms with Crippen molar-refractivity contribution >= 4 is 17.6 Å². The first-order chi connectivity index (χ1) is 6.70. The highest BCUT2D eigenvalue weighted by Gasteiger charge is 1.99. The molecule has 0 unspecified atom stereocenters. The molecule has 0 bridgehead atoms. The Kier molecular flexibility index (Phi) is 4.39. The number of carboxylic acid groups (broad SMARTS) is 1. The minimum atomic E-state index is -0.968. The molecule has 0 heterocycles. The molecule has 0 saturated carbocycles. The molecule has 2 N–H and O–H groups in total. The van der Waals surface area contributed by atoms with E-state index in [1.165, 1.54) is 0 Å². The van der Waals surface area contributed by atoms with E-state index in [0.29, 0.717) is 5.02 Å². The molecule has 0 aliphatic rings. The highest BCUT2D eigenvalue weighted by Crippen LogP contribution is 2.14. The zero-order chi connectivity index (χ0) is 10.4. The van der Waals surface area contributed by atoms with Crippen LogP contribution >= 0.6 is 11.6 Å². The van der Waals surface area contributed by atoms with E-state index in [1.807, 2.05) is 18.2 Å². The number of carboxylic acids is 1. The highest BCUT2D eigenvalue weighted by molar-refractivity contribution is 6.31. The molecule has 4 nitrogen and oxygen atoms in total. The Morgan fingerprint density at radius 3 is 2.86 bits per heavy atom. The maximum Gasteiger partial charge on any atom is 0.319 e. The smallest absolute Gasteiger partial charge is 0.319 e. The van der Waals surface area contributed by atoms with Crippen molar-refractivity contribution in [2.24, 2.45) is 0 Å². The number of halogens is 1. The molecule has 1 aromatic carbocycles. The lowest BCUT2D eigenvalue weighted by Crippen LogP contribution is -2.22. The van der Waals surface area contributed by atoms with Crippen LogP contribution in [0.2, 0.25) is 5.02 Å². The van der Waals surface area contributed by atoms with Crippen molar-refractivity contribution in [3.05, 3.63) is 34.9 Å². The third-order valence-corrected chi connectivity index (χ3v) is 1.88. The van der Waals surface area contributed by atoms with Gasteiger partial charge < -0.3 is 5.11 Å². The Bertz CT molecular complexity index is 317. The minimum Gasteiger partial charge on any atom is -0.480 e. The van der Waals surface area contributed by atoms with E-state index in [1.54, 1.807) is 6.07 Å². The number of hydrogen-bond acceptors (Lipinski definition) is 3. The summed E-state index contributed by atoms with van der Waals surface area (Å²) in [6.07, 6.45) is 0. The molecule has 1 rings (SSSR count). The quantitative estimate of drug-likeness (QED) is 0.577. The molecule has 0 spiro atoms. The number of hydroxylamine groups is 1. The van der Waals surface area contributed by atoms with Gasteiger partial charge in [-0.3, -0.25) is 9.63 Å². The summed E-state index contributed by atoms with van der Waals surface area (Å²) in [4.78, 5) is 15.0. The van der Waals surface area contributed by atoms with Crippen LogP contribution in [-0.4, -0.2) is 17.6 Å². The molecule has 0 atom stereocenters. The highest BCUT2D eigenvalue weighted by atomic mass is 35.5. The lowest BCUT2D eigenvalue weighted by molar-refractivity contribution is -0.139. The molecule has 14 heavy (non-hydrogen) atoms. The Morgan fingerprint density at radius 2 is 2.21 bits per heavy atom. The van der Waals surface area contributed by atoms with Crippen molar-refractivity contribution in [1.29, 1.82) is 0 Å². The molecule has 0 saturated heterocycles. The van der Waals surface area contributed by atoms with Gasteiger partial charge in [-0.05, 0) is 11.6 Å². The Labute approximate surface area is 86.4 Å². The summed E-state index contributed by atoms with van der Waals surface area (Å²) >= 11 is 5.84. The Hall–Kier alpha value is -1.10. The molecule has 5 heteroatoms. The fraction of sp³-hybridized carbons (Fsp3) is 0.222. The van der Waals surface area contributed by atoms with Crippen LogP contribution in [0.3, 0.4) is 0 Å². The van der Waals surface area contributed by atoms with E-state index in [2.05, 4.69) is 5.48 Å². The fourth-order valence-corrected chi connectivity index (χ4v) is 1.05. The normalized spacial score (nSPS) is 10.1. The van der Waals surface area contributed by atoms with Gasteiger partial charge in [0, 0.05) is 5.02 Å². The molecular formula is C9H10ClNO3. The maximum absolute atomic E-state index is 10.1. The van der Waals surface area contributed by atoms with E-state index >= 15 is 0 Å². The van der Waals surface area contributed by atoms with Crippen LogP contribution in [0, 0.1) is 0 Å². The van der Waals surface area contributed by atoms with Crippen LogP contribution in [0.1, 0.15) is 5.56 Å². The molecule has 1 aromatic rings. The van der Waals surface area contributed by atoms with Gasteiger partial charge in [0.15, 0.2) is 0 Å². The topological polar surface area (TPSA) is 58.6 Å². The van der Waals surface area contributed by atoms with Crippen LogP contribution in [0.25, 0.3) is 0 Å². The van der Waals surface area contributed by atoms with Gasteiger partial charge in [0.1, 0.15) is 6.54 Å². The second-order valence-electron chi connectivity index (χ2n) is 2.59. The van der Waals surface area contributed by atoms with Gasteiger partial charge in [-0.25, -0.2) is 0 Å². The molecule has 0 aliphatic carbocycles. The standard InChI is InChI=1S/C9H10ClNO3/c10-8-4-2-1-3-7(8)6-14-11-5-9(12)13/h1-4,11H,5-6H2,(H,12,13). The molecule has 0 aliphatic heterocycles. The van der Waals surface area contributed by atoms with Gasteiger partial charge in [-0.2, -0.15) is 5.48 Å². The van der Waals surface area contributed by atoms with Crippen molar-refractivity contribution in [3.8, 4) is 0 Å². The zero-order valence-corrected chi connectivity index (χ0v) is 8.12. The fourth-order valence-electron chi connectivity index (χ4n) is 0.857. The average Bonchev–Trinajstić information content (AvgIpc) is 2.15. The van der Waals surface area contributed by atoms with Crippen LogP contribution in [-0.2, 0) is 16.2 Å². The van der Waals surface area contributed by atoms with Crippen LogP contribution in [0.5, 0.6) is 0 Å². The van der Waals surface area contributed by atoms with Crippen LogP contribution in [0.15, 0.2) is 24.3 Å². The van der Waals surface area contributed by atoms with Gasteiger partial charge in [-0.15, -0.1) is 0 Å². The minimum absolute atomic E-state index is 0.232. The van der Waals surface area contributed by atoms with Crippen molar-refractivity contribution < 1.29 is 14.7 Å². The lowest BCUT2D eigenvalue weighted by atomic mass is 10.2. The number of hydrogen-bond donors (Lipinski definition) is 2. The molecule has 0 aromatic heterocycles. The van der Waals surface area contributed by atoms with Crippen LogP contribution < -0.4 is 5.48 Å². The molecule has 0 amide bonds. The van der Waals surface area contributed by atoms with E-state index < -0.39 is 5.97 Å². The largest absolute Gasteiger partial charge is 0.480 e. The number of aliphatic carboxylic acids is 1. The predicted octanol–water partition coefficient (Wildman–Crippen LogP) is 1.45. The molecular weight excluding hydrogens is 206 g/mol. The molecule has 76 valence electrons. The summed E-state index contributed by atoms with van der Waals surface area (Å²) in [7, 11) is 0.